The number of nitrogens with zero attached hydrogens (tertiary/aromatic N) is 3. The first-order chi connectivity index (χ1) is 9.87. The number of benzene rings is 1. The Labute approximate surface area is 117 Å². The largest absolute Gasteiger partial charge is 0.573 e. The maximum atomic E-state index is 12.0. The number of rotatable bonds is 4. The van der Waals surface area contributed by atoms with E-state index in [1.165, 1.54) is 42.4 Å². The molecule has 1 aromatic carbocycles. The van der Waals surface area contributed by atoms with Gasteiger partial charge in [-0.1, -0.05) is 12.1 Å². The van der Waals surface area contributed by atoms with E-state index in [1.807, 2.05) is 0 Å². The third kappa shape index (κ3) is 4.20. The minimum atomic E-state index is -4.72. The number of aromatic nitrogens is 3. The molecule has 2 rings (SSSR count). The molecule has 0 saturated carbocycles. The molecule has 0 bridgehead atoms. The number of esters is 1. The summed E-state index contributed by atoms with van der Waals surface area (Å²) in [4.78, 5) is 14.9. The molecule has 0 aliphatic rings. The van der Waals surface area contributed by atoms with Gasteiger partial charge in [0.1, 0.15) is 12.1 Å². The van der Waals surface area contributed by atoms with E-state index < -0.39 is 12.3 Å². The molecule has 0 spiro atoms. The fraction of sp³-hybridized carbons (Fsp3) is 0.250. The lowest BCUT2D eigenvalue weighted by Gasteiger charge is -2.09. The highest BCUT2D eigenvalue weighted by Crippen LogP contribution is 2.22. The van der Waals surface area contributed by atoms with Gasteiger partial charge in [0.05, 0.1) is 13.7 Å². The van der Waals surface area contributed by atoms with E-state index in [2.05, 4.69) is 19.6 Å². The van der Waals surface area contributed by atoms with Crippen LogP contribution in [0.5, 0.6) is 5.75 Å². The summed E-state index contributed by atoms with van der Waals surface area (Å²) in [5, 5.41) is 3.88. The minimum Gasteiger partial charge on any atom is -0.463 e. The van der Waals surface area contributed by atoms with Crippen molar-refractivity contribution in [2.45, 2.75) is 12.9 Å². The fourth-order valence-corrected chi connectivity index (χ4v) is 1.54. The van der Waals surface area contributed by atoms with Crippen molar-refractivity contribution in [3.63, 3.8) is 0 Å². The van der Waals surface area contributed by atoms with Gasteiger partial charge in [-0.25, -0.2) is 14.5 Å². The third-order valence-electron chi connectivity index (χ3n) is 2.41. The lowest BCUT2D eigenvalue weighted by molar-refractivity contribution is -0.274. The Balaban J connectivity index is 2.03. The molecule has 0 saturated heterocycles. The van der Waals surface area contributed by atoms with Gasteiger partial charge in [0.25, 0.3) is 5.82 Å². The maximum absolute atomic E-state index is 12.0. The average molecular weight is 301 g/mol. The van der Waals surface area contributed by atoms with Gasteiger partial charge in [0, 0.05) is 0 Å². The number of ether oxygens (including phenoxy) is 2. The van der Waals surface area contributed by atoms with Crippen LogP contribution >= 0.6 is 0 Å². The van der Waals surface area contributed by atoms with Crippen LogP contribution in [0, 0.1) is 0 Å². The average Bonchev–Trinajstić information content (AvgIpc) is 2.87. The van der Waals surface area contributed by atoms with Crippen molar-refractivity contribution in [2.75, 3.05) is 7.11 Å². The summed E-state index contributed by atoms with van der Waals surface area (Å²) in [7, 11) is 1.21. The van der Waals surface area contributed by atoms with E-state index in [0.717, 1.165) is 0 Å². The predicted molar refractivity (Wildman–Crippen MR) is 63.6 cm³/mol. The van der Waals surface area contributed by atoms with Crippen LogP contribution in [0.15, 0.2) is 30.6 Å². The maximum Gasteiger partial charge on any atom is 0.573 e. The molecule has 0 radical (unpaired) electrons. The first-order valence-corrected chi connectivity index (χ1v) is 5.70. The quantitative estimate of drug-likeness (QED) is 0.808. The third-order valence-corrected chi connectivity index (χ3v) is 2.41. The molecule has 1 aromatic heterocycles. The van der Waals surface area contributed by atoms with Crippen LogP contribution in [0.25, 0.3) is 0 Å². The van der Waals surface area contributed by atoms with Crippen LogP contribution in [0.4, 0.5) is 13.2 Å². The predicted octanol–water partition coefficient (Wildman–Crippen LogP) is 2.01. The van der Waals surface area contributed by atoms with E-state index in [1.54, 1.807) is 0 Å². The number of halogens is 3. The number of hydrogen-bond acceptors (Lipinski definition) is 5. The first-order valence-electron chi connectivity index (χ1n) is 5.70. The van der Waals surface area contributed by atoms with Crippen LogP contribution in [-0.4, -0.2) is 34.2 Å². The van der Waals surface area contributed by atoms with Gasteiger partial charge >= 0.3 is 12.3 Å². The lowest BCUT2D eigenvalue weighted by atomic mass is 10.2. The molecule has 6 nitrogen and oxygen atoms in total. The van der Waals surface area contributed by atoms with E-state index in [-0.39, 0.29) is 18.1 Å². The summed E-state index contributed by atoms with van der Waals surface area (Å²) >= 11 is 0. The van der Waals surface area contributed by atoms with Crippen molar-refractivity contribution in [3.05, 3.63) is 42.0 Å². The van der Waals surface area contributed by atoms with E-state index in [9.17, 15) is 18.0 Å². The van der Waals surface area contributed by atoms with Crippen LogP contribution < -0.4 is 4.74 Å². The Hall–Kier alpha value is -2.58. The molecule has 2 aromatic rings. The van der Waals surface area contributed by atoms with E-state index in [0.29, 0.717) is 5.56 Å². The molecule has 0 fully saturated rings. The Morgan fingerprint density at radius 2 is 1.95 bits per heavy atom. The summed E-state index contributed by atoms with van der Waals surface area (Å²) in [5.41, 5.74) is 0.672. The summed E-state index contributed by atoms with van der Waals surface area (Å²) in [6.07, 6.45) is -3.39. The highest BCUT2D eigenvalue weighted by molar-refractivity contribution is 5.84. The Bertz CT molecular complexity index is 623. The first kappa shape index (κ1) is 14.8. The van der Waals surface area contributed by atoms with Crippen LogP contribution in [0.1, 0.15) is 16.2 Å². The Morgan fingerprint density at radius 3 is 2.52 bits per heavy atom. The van der Waals surface area contributed by atoms with E-state index >= 15 is 0 Å². The molecular formula is C12H10F3N3O3. The van der Waals surface area contributed by atoms with Crippen LogP contribution in [-0.2, 0) is 11.3 Å². The minimum absolute atomic E-state index is 0.0884. The molecule has 9 heteroatoms. The SMILES string of the molecule is COC(=O)c1ncn(Cc2ccc(OC(F)(F)F)cc2)n1. The summed E-state index contributed by atoms with van der Waals surface area (Å²) in [6, 6.07) is 5.31. The normalized spacial score (nSPS) is 11.2. The van der Waals surface area contributed by atoms with Gasteiger partial charge < -0.3 is 9.47 Å². The fourth-order valence-electron chi connectivity index (χ4n) is 1.54. The zero-order chi connectivity index (χ0) is 15.5. The lowest BCUT2D eigenvalue weighted by Crippen LogP contribution is -2.17. The number of carbonyl (C=O) groups excluding carboxylic acids is 1. The molecule has 112 valence electrons. The second-order valence-corrected chi connectivity index (χ2v) is 3.95. The Morgan fingerprint density at radius 1 is 1.29 bits per heavy atom. The smallest absolute Gasteiger partial charge is 0.463 e. The van der Waals surface area contributed by atoms with Crippen molar-refractivity contribution in [1.82, 2.24) is 14.8 Å². The van der Waals surface area contributed by atoms with Gasteiger partial charge in [0.15, 0.2) is 0 Å². The monoisotopic (exact) mass is 301 g/mol. The standard InChI is InChI=1S/C12H10F3N3O3/c1-20-11(19)10-16-7-18(17-10)6-8-2-4-9(5-3-8)21-12(13,14)15/h2-5,7H,6H2,1H3. The van der Waals surface area contributed by atoms with Gasteiger partial charge in [-0.05, 0) is 17.7 Å². The number of carbonyl (C=O) groups is 1. The summed E-state index contributed by atoms with van der Waals surface area (Å²) in [6.45, 7) is 0.246. The molecule has 0 aliphatic carbocycles. The molecule has 0 amide bonds. The van der Waals surface area contributed by atoms with Crippen molar-refractivity contribution < 1.29 is 27.4 Å². The number of alkyl halides is 3. The summed E-state index contributed by atoms with van der Waals surface area (Å²) in [5.74, 6) is -1.06. The van der Waals surface area contributed by atoms with E-state index in [4.69, 9.17) is 0 Å². The molecule has 0 aliphatic heterocycles. The van der Waals surface area contributed by atoms with Crippen molar-refractivity contribution in [1.29, 1.82) is 0 Å². The molecule has 1 heterocycles. The summed E-state index contributed by atoms with van der Waals surface area (Å²) < 4.78 is 45.6. The second kappa shape index (κ2) is 5.81. The zero-order valence-corrected chi connectivity index (χ0v) is 10.8. The molecule has 0 unspecified atom stereocenters. The van der Waals surface area contributed by atoms with Gasteiger partial charge in [0.2, 0.25) is 0 Å². The van der Waals surface area contributed by atoms with Crippen molar-refractivity contribution in [2.24, 2.45) is 0 Å². The van der Waals surface area contributed by atoms with Crippen molar-refractivity contribution in [3.8, 4) is 5.75 Å². The molecule has 21 heavy (non-hydrogen) atoms. The second-order valence-electron chi connectivity index (χ2n) is 3.95. The molecule has 0 atom stereocenters. The number of methoxy groups -OCH3 is 1. The number of hydrogen-bond donors (Lipinski definition) is 0. The topological polar surface area (TPSA) is 66.2 Å². The highest BCUT2D eigenvalue weighted by atomic mass is 19.4. The van der Waals surface area contributed by atoms with Gasteiger partial charge in [-0.3, -0.25) is 0 Å². The zero-order valence-electron chi connectivity index (χ0n) is 10.8. The van der Waals surface area contributed by atoms with Gasteiger partial charge in [-0.15, -0.1) is 18.3 Å². The molecular weight excluding hydrogens is 291 g/mol. The van der Waals surface area contributed by atoms with Crippen LogP contribution in [0.2, 0.25) is 0 Å². The van der Waals surface area contributed by atoms with Crippen LogP contribution in [0.3, 0.4) is 0 Å². The molecule has 0 N–H and O–H groups in total. The van der Waals surface area contributed by atoms with Crippen molar-refractivity contribution >= 4 is 5.97 Å². The van der Waals surface area contributed by atoms with Gasteiger partial charge in [-0.2, -0.15) is 0 Å². The Kier molecular flexibility index (Phi) is 4.10. The highest BCUT2D eigenvalue weighted by Gasteiger charge is 2.30.